The minimum atomic E-state index is 0. The van der Waals surface area contributed by atoms with Gasteiger partial charge < -0.3 is 11.1 Å². The quantitative estimate of drug-likeness (QED) is 0.813. The summed E-state index contributed by atoms with van der Waals surface area (Å²) in [5.74, 6) is 1.64. The molecule has 2 rings (SSSR count). The third kappa shape index (κ3) is 3.85. The molecule has 2 aliphatic rings. The van der Waals surface area contributed by atoms with E-state index in [0.717, 1.165) is 25.3 Å². The molecule has 0 bridgehead atoms. The molecule has 2 aliphatic carbocycles. The largest absolute Gasteiger partial charge is 0.356 e. The molecule has 2 atom stereocenters. The van der Waals surface area contributed by atoms with Crippen molar-refractivity contribution in [2.24, 2.45) is 23.5 Å². The van der Waals surface area contributed by atoms with Crippen molar-refractivity contribution in [2.45, 2.75) is 44.9 Å². The summed E-state index contributed by atoms with van der Waals surface area (Å²) in [6.07, 6.45) is 8.63. The van der Waals surface area contributed by atoms with Gasteiger partial charge in [0.1, 0.15) is 0 Å². The lowest BCUT2D eigenvalue weighted by atomic mass is 9.95. The van der Waals surface area contributed by atoms with Gasteiger partial charge in [0.05, 0.1) is 0 Å². The van der Waals surface area contributed by atoms with E-state index in [1.807, 2.05) is 0 Å². The molecule has 2 saturated carbocycles. The van der Waals surface area contributed by atoms with Gasteiger partial charge in [-0.3, -0.25) is 4.79 Å². The van der Waals surface area contributed by atoms with Gasteiger partial charge in [-0.1, -0.05) is 19.3 Å². The van der Waals surface area contributed by atoms with Crippen molar-refractivity contribution in [2.75, 3.05) is 13.1 Å². The second-order valence-electron chi connectivity index (χ2n) is 5.43. The van der Waals surface area contributed by atoms with E-state index >= 15 is 0 Å². The third-order valence-electron chi connectivity index (χ3n) is 4.34. The normalized spacial score (nSPS) is 29.0. The second-order valence-corrected chi connectivity index (χ2v) is 5.43. The highest BCUT2D eigenvalue weighted by Gasteiger charge is 2.32. The monoisotopic (exact) mass is 260 g/mol. The minimum absolute atomic E-state index is 0. The number of nitrogens with two attached hydrogens (primary N) is 1. The van der Waals surface area contributed by atoms with Gasteiger partial charge in [0.15, 0.2) is 0 Å². The fourth-order valence-corrected chi connectivity index (χ4v) is 3.25. The number of hydrogen-bond acceptors (Lipinski definition) is 2. The maximum Gasteiger partial charge on any atom is 0.223 e. The molecule has 0 unspecified atom stereocenters. The smallest absolute Gasteiger partial charge is 0.223 e. The highest BCUT2D eigenvalue weighted by molar-refractivity contribution is 5.85. The number of carbonyl (C=O) groups is 1. The molecule has 0 aromatic carbocycles. The average molecular weight is 261 g/mol. The van der Waals surface area contributed by atoms with Crippen LogP contribution in [0.3, 0.4) is 0 Å². The van der Waals surface area contributed by atoms with E-state index in [2.05, 4.69) is 5.32 Å². The second kappa shape index (κ2) is 7.22. The third-order valence-corrected chi connectivity index (χ3v) is 4.34. The van der Waals surface area contributed by atoms with Crippen LogP contribution in [0.5, 0.6) is 0 Å². The van der Waals surface area contributed by atoms with Crippen molar-refractivity contribution in [3.8, 4) is 0 Å². The summed E-state index contributed by atoms with van der Waals surface area (Å²) in [7, 11) is 0. The molecular formula is C13H25ClN2O. The zero-order chi connectivity index (χ0) is 11.4. The number of amides is 1. The Morgan fingerprint density at radius 2 is 1.82 bits per heavy atom. The molecule has 0 heterocycles. The van der Waals surface area contributed by atoms with Crippen LogP contribution in [0.25, 0.3) is 0 Å². The maximum absolute atomic E-state index is 12.0. The SMILES string of the molecule is Cl.NC[C@H]1CCC[C@H]1C(=O)NCC1CCCC1. The molecule has 3 nitrogen and oxygen atoms in total. The van der Waals surface area contributed by atoms with Gasteiger partial charge in [-0.2, -0.15) is 0 Å². The molecule has 0 aliphatic heterocycles. The average Bonchev–Trinajstić information content (AvgIpc) is 2.96. The number of carbonyl (C=O) groups excluding carboxylic acids is 1. The lowest BCUT2D eigenvalue weighted by Gasteiger charge is -2.18. The Bertz CT molecular complexity index is 242. The molecule has 0 aromatic heterocycles. The Labute approximate surface area is 110 Å². The molecule has 3 N–H and O–H groups in total. The molecule has 1 amide bonds. The van der Waals surface area contributed by atoms with Crippen molar-refractivity contribution in [1.29, 1.82) is 0 Å². The van der Waals surface area contributed by atoms with Crippen molar-refractivity contribution in [3.05, 3.63) is 0 Å². The summed E-state index contributed by atoms with van der Waals surface area (Å²) in [6.45, 7) is 1.56. The maximum atomic E-state index is 12.0. The van der Waals surface area contributed by atoms with Crippen LogP contribution in [-0.2, 0) is 4.79 Å². The van der Waals surface area contributed by atoms with Crippen LogP contribution in [0, 0.1) is 17.8 Å². The first-order valence-corrected chi connectivity index (χ1v) is 6.79. The predicted octanol–water partition coefficient (Wildman–Crippen LogP) is 2.09. The first-order chi connectivity index (χ1) is 7.81. The minimum Gasteiger partial charge on any atom is -0.356 e. The zero-order valence-electron chi connectivity index (χ0n) is 10.5. The van der Waals surface area contributed by atoms with Gasteiger partial charge in [0.2, 0.25) is 5.91 Å². The summed E-state index contributed by atoms with van der Waals surface area (Å²) >= 11 is 0. The predicted molar refractivity (Wildman–Crippen MR) is 72.1 cm³/mol. The Morgan fingerprint density at radius 1 is 1.12 bits per heavy atom. The molecule has 4 heteroatoms. The number of hydrogen-bond donors (Lipinski definition) is 2. The van der Waals surface area contributed by atoms with E-state index < -0.39 is 0 Å². The summed E-state index contributed by atoms with van der Waals surface area (Å²) < 4.78 is 0. The zero-order valence-corrected chi connectivity index (χ0v) is 11.3. The highest BCUT2D eigenvalue weighted by Crippen LogP contribution is 2.31. The van der Waals surface area contributed by atoms with Crippen LogP contribution in [-0.4, -0.2) is 19.0 Å². The molecule has 0 saturated heterocycles. The van der Waals surface area contributed by atoms with Crippen molar-refractivity contribution < 1.29 is 4.79 Å². The Morgan fingerprint density at radius 3 is 2.47 bits per heavy atom. The lowest BCUT2D eigenvalue weighted by Crippen LogP contribution is -2.37. The summed E-state index contributed by atoms with van der Waals surface area (Å²) in [5, 5.41) is 3.14. The topological polar surface area (TPSA) is 55.1 Å². The molecule has 0 aromatic rings. The van der Waals surface area contributed by atoms with Crippen LogP contribution in [0.1, 0.15) is 44.9 Å². The standard InChI is InChI=1S/C13H24N2O.ClH/c14-8-11-6-3-7-12(11)13(16)15-9-10-4-1-2-5-10;/h10-12H,1-9,14H2,(H,15,16);1H/t11-,12-;/m1./s1. The van der Waals surface area contributed by atoms with E-state index in [1.54, 1.807) is 0 Å². The lowest BCUT2D eigenvalue weighted by molar-refractivity contribution is -0.126. The molecule has 100 valence electrons. The van der Waals surface area contributed by atoms with Crippen LogP contribution in [0.2, 0.25) is 0 Å². The Balaban J connectivity index is 0.00000144. The van der Waals surface area contributed by atoms with Gasteiger partial charge in [0, 0.05) is 12.5 Å². The Hall–Kier alpha value is -0.280. The van der Waals surface area contributed by atoms with E-state index in [0.29, 0.717) is 12.5 Å². The van der Waals surface area contributed by atoms with Gasteiger partial charge in [-0.05, 0) is 44.1 Å². The van der Waals surface area contributed by atoms with Crippen molar-refractivity contribution >= 4 is 18.3 Å². The van der Waals surface area contributed by atoms with Gasteiger partial charge >= 0.3 is 0 Å². The molecule has 0 spiro atoms. The van der Waals surface area contributed by atoms with Crippen molar-refractivity contribution in [3.63, 3.8) is 0 Å². The van der Waals surface area contributed by atoms with Gasteiger partial charge in [-0.25, -0.2) is 0 Å². The van der Waals surface area contributed by atoms with Gasteiger partial charge in [-0.15, -0.1) is 12.4 Å². The van der Waals surface area contributed by atoms with Crippen LogP contribution in [0.15, 0.2) is 0 Å². The number of halogens is 1. The van der Waals surface area contributed by atoms with Crippen molar-refractivity contribution in [1.82, 2.24) is 5.32 Å². The van der Waals surface area contributed by atoms with Crippen LogP contribution >= 0.6 is 12.4 Å². The van der Waals surface area contributed by atoms with Crippen LogP contribution in [0.4, 0.5) is 0 Å². The Kier molecular flexibility index (Phi) is 6.28. The number of rotatable bonds is 4. The summed E-state index contributed by atoms with van der Waals surface area (Å²) in [6, 6.07) is 0. The van der Waals surface area contributed by atoms with Gasteiger partial charge in [0.25, 0.3) is 0 Å². The summed E-state index contributed by atoms with van der Waals surface area (Å²) in [4.78, 5) is 12.0. The molecular weight excluding hydrogens is 236 g/mol. The first-order valence-electron chi connectivity index (χ1n) is 6.79. The molecule has 0 radical (unpaired) electrons. The first kappa shape index (κ1) is 14.8. The van der Waals surface area contributed by atoms with Crippen LogP contribution < -0.4 is 11.1 Å². The van der Waals surface area contributed by atoms with E-state index in [1.165, 1.54) is 32.1 Å². The molecule has 17 heavy (non-hydrogen) atoms. The highest BCUT2D eigenvalue weighted by atomic mass is 35.5. The molecule has 2 fully saturated rings. The van der Waals surface area contributed by atoms with E-state index in [9.17, 15) is 4.79 Å². The summed E-state index contributed by atoms with van der Waals surface area (Å²) in [5.41, 5.74) is 5.70. The van der Waals surface area contributed by atoms with E-state index in [4.69, 9.17) is 5.73 Å². The van der Waals surface area contributed by atoms with E-state index in [-0.39, 0.29) is 24.2 Å². The fourth-order valence-electron chi connectivity index (χ4n) is 3.25. The number of nitrogens with one attached hydrogen (secondary N) is 1. The fraction of sp³-hybridized carbons (Fsp3) is 0.923.